The summed E-state index contributed by atoms with van der Waals surface area (Å²) in [4.78, 5) is 0. The highest BCUT2D eigenvalue weighted by atomic mass is 16.3. The van der Waals surface area contributed by atoms with E-state index in [1.807, 2.05) is 13.0 Å². The number of quaternary nitrogens is 1. The molecule has 22 heavy (non-hydrogen) atoms. The number of aromatic hydroxyl groups is 1. The predicted octanol–water partition coefficient (Wildman–Crippen LogP) is 2.40. The number of nitrogens with two attached hydrogens (primary N) is 1. The highest BCUT2D eigenvalue weighted by Gasteiger charge is 2.21. The molecule has 0 aromatic heterocycles. The molecule has 0 aliphatic carbocycles. The average molecular weight is 300 g/mol. The van der Waals surface area contributed by atoms with E-state index < -0.39 is 6.10 Å². The van der Waals surface area contributed by atoms with Crippen LogP contribution in [0.4, 0.5) is 0 Å². The van der Waals surface area contributed by atoms with Gasteiger partial charge in [-0.1, -0.05) is 42.5 Å². The van der Waals surface area contributed by atoms with E-state index in [9.17, 15) is 10.2 Å². The van der Waals surface area contributed by atoms with Crippen molar-refractivity contribution < 1.29 is 15.5 Å². The van der Waals surface area contributed by atoms with Crippen molar-refractivity contribution in [1.29, 1.82) is 0 Å². The van der Waals surface area contributed by atoms with Crippen molar-refractivity contribution in [3.8, 4) is 5.75 Å². The van der Waals surface area contributed by atoms with Crippen molar-refractivity contribution >= 4 is 0 Å². The first-order valence-corrected chi connectivity index (χ1v) is 7.92. The molecule has 4 N–H and O–H groups in total. The van der Waals surface area contributed by atoms with Crippen molar-refractivity contribution in [3.05, 3.63) is 65.7 Å². The maximum atomic E-state index is 10.4. The lowest BCUT2D eigenvalue weighted by Gasteiger charge is -2.21. The third-order valence-corrected chi connectivity index (χ3v) is 4.10. The number of aliphatic hydroxyl groups is 1. The second-order valence-corrected chi connectivity index (χ2v) is 6.09. The molecule has 3 heteroatoms. The zero-order valence-electron chi connectivity index (χ0n) is 13.3. The van der Waals surface area contributed by atoms with Crippen LogP contribution in [0.3, 0.4) is 0 Å². The number of phenolic OH excluding ortho intramolecular Hbond substituents is 1. The maximum Gasteiger partial charge on any atom is 0.130 e. The molecule has 0 bridgehead atoms. The van der Waals surface area contributed by atoms with Crippen LogP contribution in [0.25, 0.3) is 0 Å². The Balaban J connectivity index is 1.82. The van der Waals surface area contributed by atoms with Crippen LogP contribution in [0, 0.1) is 0 Å². The Bertz CT molecular complexity index is 553. The van der Waals surface area contributed by atoms with Gasteiger partial charge in [-0.05, 0) is 43.5 Å². The fraction of sp³-hybridized carbons (Fsp3) is 0.368. The van der Waals surface area contributed by atoms with Crippen LogP contribution >= 0.6 is 0 Å². The van der Waals surface area contributed by atoms with Crippen LogP contribution in [0.15, 0.2) is 54.6 Å². The van der Waals surface area contributed by atoms with Crippen molar-refractivity contribution in [3.63, 3.8) is 0 Å². The van der Waals surface area contributed by atoms with E-state index in [2.05, 4.69) is 36.5 Å². The Morgan fingerprint density at radius 1 is 0.955 bits per heavy atom. The topological polar surface area (TPSA) is 57.1 Å². The van der Waals surface area contributed by atoms with E-state index in [1.54, 1.807) is 24.3 Å². The number of hydrogen-bond acceptors (Lipinski definition) is 2. The molecule has 3 atom stereocenters. The molecule has 0 aliphatic rings. The third kappa shape index (κ3) is 4.86. The molecule has 0 saturated heterocycles. The second-order valence-electron chi connectivity index (χ2n) is 6.09. The van der Waals surface area contributed by atoms with Gasteiger partial charge in [0.2, 0.25) is 0 Å². The summed E-state index contributed by atoms with van der Waals surface area (Å²) in [5.74, 6) is 0.226. The number of aliphatic hydroxyl groups excluding tert-OH is 1. The standard InChI is InChI=1S/C19H25NO2/c1-14(8-9-16-6-4-3-5-7-16)20-15(2)19(22)17-10-12-18(21)13-11-17/h3-7,10-15,19-22H,8-9H2,1-2H3/p+1/t14-,15+,19-/m1/s1. The molecule has 0 fully saturated rings. The van der Waals surface area contributed by atoms with E-state index in [0.29, 0.717) is 6.04 Å². The lowest BCUT2D eigenvalue weighted by molar-refractivity contribution is -0.723. The highest BCUT2D eigenvalue weighted by Crippen LogP contribution is 2.18. The molecule has 0 radical (unpaired) electrons. The maximum absolute atomic E-state index is 10.4. The molecule has 0 spiro atoms. The van der Waals surface area contributed by atoms with E-state index in [4.69, 9.17) is 0 Å². The van der Waals surface area contributed by atoms with Gasteiger partial charge in [0.1, 0.15) is 17.9 Å². The van der Waals surface area contributed by atoms with Gasteiger partial charge in [-0.25, -0.2) is 0 Å². The molecule has 3 nitrogen and oxygen atoms in total. The zero-order valence-corrected chi connectivity index (χ0v) is 13.3. The minimum absolute atomic E-state index is 0.0790. The Morgan fingerprint density at radius 2 is 1.59 bits per heavy atom. The zero-order chi connectivity index (χ0) is 15.9. The molecule has 2 aromatic rings. The second kappa shape index (κ2) is 7.97. The highest BCUT2D eigenvalue weighted by molar-refractivity contribution is 5.27. The minimum atomic E-state index is -0.528. The summed E-state index contributed by atoms with van der Waals surface area (Å²) in [6, 6.07) is 17.8. The first-order valence-electron chi connectivity index (χ1n) is 7.92. The van der Waals surface area contributed by atoms with Gasteiger partial charge < -0.3 is 15.5 Å². The van der Waals surface area contributed by atoms with Crippen LogP contribution in [-0.2, 0) is 6.42 Å². The lowest BCUT2D eigenvalue weighted by atomic mass is 10.0. The number of benzene rings is 2. The summed E-state index contributed by atoms with van der Waals surface area (Å²) in [6.07, 6.45) is 1.61. The van der Waals surface area contributed by atoms with Crippen molar-refractivity contribution in [2.75, 3.05) is 0 Å². The van der Waals surface area contributed by atoms with E-state index in [1.165, 1.54) is 5.56 Å². The third-order valence-electron chi connectivity index (χ3n) is 4.10. The molecule has 0 aliphatic heterocycles. The summed E-state index contributed by atoms with van der Waals surface area (Å²) < 4.78 is 0. The smallest absolute Gasteiger partial charge is 0.130 e. The van der Waals surface area contributed by atoms with Gasteiger partial charge in [-0.15, -0.1) is 0 Å². The molecule has 2 rings (SSSR count). The van der Waals surface area contributed by atoms with Gasteiger partial charge in [0.05, 0.1) is 6.04 Å². The quantitative estimate of drug-likeness (QED) is 0.735. The molecule has 118 valence electrons. The van der Waals surface area contributed by atoms with E-state index >= 15 is 0 Å². The molecular formula is C19H26NO2+. The average Bonchev–Trinajstić information content (AvgIpc) is 2.54. The first-order chi connectivity index (χ1) is 10.6. The summed E-state index contributed by atoms with van der Waals surface area (Å²) in [5, 5.41) is 21.9. The minimum Gasteiger partial charge on any atom is -0.508 e. The Kier molecular flexibility index (Phi) is 5.99. The number of rotatable bonds is 7. The van der Waals surface area contributed by atoms with Crippen LogP contribution in [0.1, 0.15) is 37.5 Å². The van der Waals surface area contributed by atoms with Gasteiger partial charge in [0.25, 0.3) is 0 Å². The van der Waals surface area contributed by atoms with Crippen LogP contribution in [0.5, 0.6) is 5.75 Å². The Labute approximate surface area is 132 Å². The fourth-order valence-corrected chi connectivity index (χ4v) is 2.73. The van der Waals surface area contributed by atoms with Gasteiger partial charge in [0, 0.05) is 6.42 Å². The van der Waals surface area contributed by atoms with Crippen LogP contribution in [-0.4, -0.2) is 22.3 Å². The van der Waals surface area contributed by atoms with Crippen LogP contribution in [0.2, 0.25) is 0 Å². The largest absolute Gasteiger partial charge is 0.508 e. The normalized spacial score (nSPS) is 15.2. The van der Waals surface area contributed by atoms with Crippen molar-refractivity contribution in [2.45, 2.75) is 44.9 Å². The Morgan fingerprint density at radius 3 is 2.23 bits per heavy atom. The monoisotopic (exact) mass is 300 g/mol. The Hall–Kier alpha value is -1.84. The molecular weight excluding hydrogens is 274 g/mol. The molecule has 0 heterocycles. The summed E-state index contributed by atoms with van der Waals surface area (Å²) in [6.45, 7) is 4.24. The predicted molar refractivity (Wildman–Crippen MR) is 88.7 cm³/mol. The lowest BCUT2D eigenvalue weighted by Crippen LogP contribution is -2.94. The SMILES string of the molecule is C[C@H](CCc1ccccc1)[NH2+][C@@H](C)[C@@H](O)c1ccc(O)cc1. The molecule has 0 unspecified atom stereocenters. The molecule has 2 aromatic carbocycles. The fourth-order valence-electron chi connectivity index (χ4n) is 2.73. The summed E-state index contributed by atoms with van der Waals surface area (Å²) in [5.41, 5.74) is 2.20. The van der Waals surface area contributed by atoms with Gasteiger partial charge in [0.15, 0.2) is 0 Å². The number of phenols is 1. The first kappa shape index (κ1) is 16.5. The summed E-state index contributed by atoms with van der Waals surface area (Å²) >= 11 is 0. The van der Waals surface area contributed by atoms with Crippen molar-refractivity contribution in [1.82, 2.24) is 0 Å². The van der Waals surface area contributed by atoms with Gasteiger partial charge >= 0.3 is 0 Å². The number of hydrogen-bond donors (Lipinski definition) is 3. The van der Waals surface area contributed by atoms with Gasteiger partial charge in [-0.3, -0.25) is 0 Å². The summed E-state index contributed by atoms with van der Waals surface area (Å²) in [7, 11) is 0. The van der Waals surface area contributed by atoms with E-state index in [-0.39, 0.29) is 11.8 Å². The number of aryl methyl sites for hydroxylation is 1. The molecule has 0 saturated carbocycles. The molecule has 0 amide bonds. The van der Waals surface area contributed by atoms with Crippen LogP contribution < -0.4 is 5.32 Å². The van der Waals surface area contributed by atoms with Gasteiger partial charge in [-0.2, -0.15) is 0 Å². The van der Waals surface area contributed by atoms with E-state index in [0.717, 1.165) is 18.4 Å². The van der Waals surface area contributed by atoms with Crippen molar-refractivity contribution in [2.24, 2.45) is 0 Å².